The van der Waals surface area contributed by atoms with E-state index in [0.29, 0.717) is 0 Å². The van der Waals surface area contributed by atoms with E-state index in [1.807, 2.05) is 0 Å². The summed E-state index contributed by atoms with van der Waals surface area (Å²) in [7, 11) is 0. The minimum absolute atomic E-state index is 0.000874. The summed E-state index contributed by atoms with van der Waals surface area (Å²) < 4.78 is 5.69. The largest absolute Gasteiger partial charge is 0.370 e. The number of aliphatic imine (C=N–C) groups is 8. The Hall–Kier alpha value is -9.83. The molecule has 584 valence electrons. The summed E-state index contributed by atoms with van der Waals surface area (Å²) in [4.78, 5) is 175. The molecule has 0 saturated heterocycles. The molecule has 0 aromatic heterocycles. The van der Waals surface area contributed by atoms with Gasteiger partial charge in [-0.05, 0) is 124 Å². The molecule has 5 amide bonds. The number of carbonyl (C=O) groups is 10. The maximum atomic E-state index is 15.0. The molecule has 0 rings (SSSR count). The van der Waals surface area contributed by atoms with Crippen molar-refractivity contribution in [2.75, 3.05) is 64.7 Å². The number of thiol groups is 1. The van der Waals surface area contributed by atoms with Crippen LogP contribution in [0.5, 0.6) is 0 Å². The molecule has 40 nitrogen and oxygen atoms in total. The number of guanidine groups is 8. The lowest BCUT2D eigenvalue weighted by Crippen LogP contribution is -2.49. The summed E-state index contributed by atoms with van der Waals surface area (Å²) in [5.74, 6) is -14.4. The van der Waals surface area contributed by atoms with Crippen LogP contribution < -0.4 is 119 Å². The summed E-state index contributed by atoms with van der Waals surface area (Å²) in [6.45, 7) is 5.23. The Bertz CT molecular complexity index is 2940. The summed E-state index contributed by atoms with van der Waals surface area (Å²) in [5.41, 5.74) is 94.5. The molecule has 0 unspecified atom stereocenters. The van der Waals surface area contributed by atoms with Crippen molar-refractivity contribution < 1.29 is 52.7 Å². The molecule has 0 spiro atoms. The average Bonchev–Trinajstić information content (AvgIpc) is 0.863. The van der Waals surface area contributed by atoms with Crippen molar-refractivity contribution >= 4 is 119 Å². The maximum absolute atomic E-state index is 15.0. The lowest BCUT2D eigenvalue weighted by atomic mass is 9.88. The Morgan fingerprint density at radius 2 is 0.505 bits per heavy atom. The molecule has 0 fully saturated rings. The van der Waals surface area contributed by atoms with Gasteiger partial charge in [0.1, 0.15) is 6.61 Å². The number of hydrogen-bond acceptors (Lipinski definition) is 20. The van der Waals surface area contributed by atoms with Crippen molar-refractivity contribution in [2.24, 2.45) is 167 Å². The van der Waals surface area contributed by atoms with Gasteiger partial charge in [0.15, 0.2) is 76.6 Å². The van der Waals surface area contributed by atoms with Gasteiger partial charge >= 0.3 is 0 Å². The molecular formula is C62H119N29O11S. The van der Waals surface area contributed by atoms with Crippen LogP contribution in [0.2, 0.25) is 0 Å². The van der Waals surface area contributed by atoms with Crippen LogP contribution in [-0.2, 0) is 52.7 Å². The van der Waals surface area contributed by atoms with Crippen LogP contribution in [0, 0.1) is 29.6 Å². The van der Waals surface area contributed by atoms with Crippen LogP contribution in [0.3, 0.4) is 0 Å². The zero-order valence-electron chi connectivity index (χ0n) is 59.9. The molecule has 9 atom stereocenters. The van der Waals surface area contributed by atoms with Crippen LogP contribution in [-0.4, -0.2) is 201 Å². The molecule has 0 aromatic carbocycles. The summed E-state index contributed by atoms with van der Waals surface area (Å²) in [6, 6.07) is -5.26. The number of ketones is 5. The highest BCUT2D eigenvalue weighted by Gasteiger charge is 2.36. The van der Waals surface area contributed by atoms with E-state index >= 15 is 4.79 Å². The van der Waals surface area contributed by atoms with Gasteiger partial charge in [0, 0.05) is 114 Å². The van der Waals surface area contributed by atoms with Gasteiger partial charge in [0.25, 0.3) is 0 Å². The zero-order chi connectivity index (χ0) is 78.2. The van der Waals surface area contributed by atoms with E-state index in [0.717, 1.165) is 0 Å². The molecule has 0 aliphatic rings. The smallest absolute Gasteiger partial charge is 0.224 e. The third-order valence-electron chi connectivity index (χ3n) is 15.7. The number of ether oxygens (including phenoxy) is 1. The third-order valence-corrected chi connectivity index (χ3v) is 16.1. The summed E-state index contributed by atoms with van der Waals surface area (Å²) >= 11 is 4.17. The predicted octanol–water partition coefficient (Wildman–Crippen LogP) is -6.54. The maximum Gasteiger partial charge on any atom is 0.224 e. The summed E-state index contributed by atoms with van der Waals surface area (Å²) in [5, 5.41) is 11.1. The predicted molar refractivity (Wildman–Crippen MR) is 401 cm³/mol. The number of Topliss-reactive ketones (excluding diaryl/α,β-unsaturated/α-hetero) is 5. The first kappa shape index (κ1) is 93.2. The number of amides is 5. The number of rotatable bonds is 58. The fourth-order valence-corrected chi connectivity index (χ4v) is 10.6. The number of primary amides is 1. The highest BCUT2D eigenvalue weighted by molar-refractivity contribution is 7.80. The van der Waals surface area contributed by atoms with Gasteiger partial charge in [-0.1, -0.05) is 0 Å². The quantitative estimate of drug-likeness (QED) is 0.0117. The van der Waals surface area contributed by atoms with E-state index in [1.165, 1.54) is 0 Å². The zero-order valence-corrected chi connectivity index (χ0v) is 60.8. The molecule has 0 heterocycles. The Morgan fingerprint density at radius 1 is 0.311 bits per heavy atom. The number of nitrogens with two attached hydrogens (primary N) is 17. The first-order valence-electron chi connectivity index (χ1n) is 34.2. The number of nitrogens with zero attached hydrogens (tertiary/aromatic N) is 8. The molecule has 41 heteroatoms. The molecule has 0 saturated carbocycles. The van der Waals surface area contributed by atoms with Crippen LogP contribution in [0.1, 0.15) is 156 Å². The monoisotopic (exact) mass is 1480 g/mol. The molecule has 0 radical (unpaired) electrons. The van der Waals surface area contributed by atoms with E-state index < -0.39 is 137 Å². The number of hydrogen-bond donors (Lipinski definition) is 22. The molecule has 103 heavy (non-hydrogen) atoms. The molecule has 38 N–H and O–H groups in total. The first-order valence-corrected chi connectivity index (χ1v) is 34.8. The van der Waals surface area contributed by atoms with E-state index in [1.54, 1.807) is 20.8 Å². The Morgan fingerprint density at radius 3 is 0.689 bits per heavy atom. The van der Waals surface area contributed by atoms with Crippen LogP contribution in [0.4, 0.5) is 0 Å². The second-order valence-electron chi connectivity index (χ2n) is 25.7. The standard InChI is InChI=1S/C62H119N29O11S/c1-62(2,3)102-33-40(92)28-35(12-4-20-80-54(64)65)50(98)88-41(16-8-24-84-58(72)73)45(93)29-36(13-5-21-81-55(66)67)51(99)89-42(17-9-25-85-59(74)75)46(94)30-37(14-6-22-82-56(68)69)52(100)90-43(18-10-26-86-60(76)77)47(95)31-38(15-7-23-83-57(70)71)53(101)91-44(19-11-27-87-61(78)79)48(96)32-39(34-103)49(63)97/h35-39,41-44,103H,4-34H2,1-3H3,(H2,63,97)(H,88,98)(H,89,99)(H,90,100)(H,91,101)(H4,64,65,80)(H4,66,67,81)(H4,68,69,82)(H4,70,71,83)(H4,72,73,84)(H4,74,75,85)(H4,76,77,86)(H4,78,79,87)/t35-,36-,37-,38-,39+,41+,42+,43+,44+/m0/s1. The Balaban J connectivity index is 7.90. The van der Waals surface area contributed by atoms with Crippen molar-refractivity contribution in [3.05, 3.63) is 0 Å². The van der Waals surface area contributed by atoms with Gasteiger partial charge in [-0.3, -0.25) is 87.9 Å². The molecule has 0 aliphatic heterocycles. The third kappa shape index (κ3) is 47.1. The van der Waals surface area contributed by atoms with Crippen LogP contribution >= 0.6 is 12.6 Å². The fourth-order valence-electron chi connectivity index (χ4n) is 10.3. The molecule has 0 bridgehead atoms. The number of nitrogens with one attached hydrogen (secondary N) is 4. The lowest BCUT2D eigenvalue weighted by Gasteiger charge is -2.27. The van der Waals surface area contributed by atoms with Crippen molar-refractivity contribution in [1.82, 2.24) is 21.3 Å². The average molecular weight is 1480 g/mol. The van der Waals surface area contributed by atoms with Gasteiger partial charge in [-0.2, -0.15) is 12.6 Å². The van der Waals surface area contributed by atoms with Crippen molar-refractivity contribution in [2.45, 2.75) is 185 Å². The van der Waals surface area contributed by atoms with Gasteiger partial charge in [-0.15, -0.1) is 0 Å². The van der Waals surface area contributed by atoms with Crippen molar-refractivity contribution in [3.63, 3.8) is 0 Å². The SMILES string of the molecule is CC(C)(C)OCC(=O)C[C@H](CCCN=C(N)N)C(=O)N[C@H](CCCN=C(N)N)C(=O)C[C@H](CCCN=C(N)N)C(=O)N[C@H](CCCN=C(N)N)C(=O)C[C@H](CCCN=C(N)N)C(=O)N[C@H](CCCN=C(N)N)C(=O)C[C@H](CCCN=C(N)N)C(=O)N[C@H](CCCN=C(N)N)C(=O)C[C@H](CS)C(N)=O. The van der Waals surface area contributed by atoms with E-state index in [9.17, 15) is 43.2 Å². The first-order chi connectivity index (χ1) is 48.3. The van der Waals surface area contributed by atoms with Gasteiger partial charge < -0.3 is 123 Å². The van der Waals surface area contributed by atoms with Crippen molar-refractivity contribution in [3.8, 4) is 0 Å². The normalized spacial score (nSPS) is 13.6. The fraction of sp³-hybridized carbons (Fsp3) is 0.710. The topological polar surface area (TPSA) is 769 Å². The minimum Gasteiger partial charge on any atom is -0.370 e. The van der Waals surface area contributed by atoms with E-state index in [4.69, 9.17) is 102 Å². The van der Waals surface area contributed by atoms with Crippen LogP contribution in [0.25, 0.3) is 0 Å². The van der Waals surface area contributed by atoms with Gasteiger partial charge in [0.05, 0.1) is 35.7 Å². The van der Waals surface area contributed by atoms with Crippen molar-refractivity contribution in [1.29, 1.82) is 0 Å². The highest BCUT2D eigenvalue weighted by atomic mass is 32.1. The minimum atomic E-state index is -1.39. The van der Waals surface area contributed by atoms with E-state index in [-0.39, 0.29) is 228 Å². The van der Waals surface area contributed by atoms with Crippen LogP contribution in [0.15, 0.2) is 39.9 Å². The number of carbonyl (C=O) groups excluding carboxylic acids is 10. The molecular weight excluding hydrogens is 1360 g/mol. The second kappa shape index (κ2) is 52.2. The second-order valence-corrected chi connectivity index (χ2v) is 26.1. The molecule has 0 aromatic rings. The van der Waals surface area contributed by atoms with Gasteiger partial charge in [-0.25, -0.2) is 0 Å². The highest BCUT2D eigenvalue weighted by Crippen LogP contribution is 2.24. The Labute approximate surface area is 607 Å². The summed E-state index contributed by atoms with van der Waals surface area (Å²) in [6.07, 6.45) is -1.36. The Kier molecular flexibility index (Phi) is 47.2. The van der Waals surface area contributed by atoms with E-state index in [2.05, 4.69) is 73.8 Å². The lowest BCUT2D eigenvalue weighted by molar-refractivity contribution is -0.137. The molecule has 0 aliphatic carbocycles. The van der Waals surface area contributed by atoms with Gasteiger partial charge in [0.2, 0.25) is 29.5 Å².